The summed E-state index contributed by atoms with van der Waals surface area (Å²) >= 11 is 0. The topological polar surface area (TPSA) is 32.7 Å². The molecule has 1 aromatic carbocycles. The van der Waals surface area contributed by atoms with Crippen LogP contribution in [0.2, 0.25) is 0 Å². The van der Waals surface area contributed by atoms with E-state index in [1.807, 2.05) is 12.1 Å². The van der Waals surface area contributed by atoms with E-state index in [1.165, 1.54) is 30.5 Å². The quantitative estimate of drug-likeness (QED) is 0.803. The molecule has 0 saturated carbocycles. The molecule has 2 rings (SSSR count). The van der Waals surface area contributed by atoms with E-state index in [4.69, 9.17) is 9.84 Å². The van der Waals surface area contributed by atoms with Gasteiger partial charge in [-0.15, -0.1) is 0 Å². The third kappa shape index (κ3) is 4.27. The van der Waals surface area contributed by atoms with Gasteiger partial charge in [0.2, 0.25) is 0 Å². The molecule has 0 bridgehead atoms. The van der Waals surface area contributed by atoms with E-state index in [0.717, 1.165) is 19.5 Å². The van der Waals surface area contributed by atoms with Gasteiger partial charge in [-0.05, 0) is 37.1 Å². The second-order valence-electron chi connectivity index (χ2n) is 4.94. The van der Waals surface area contributed by atoms with Crippen molar-refractivity contribution in [2.45, 2.75) is 25.3 Å². The van der Waals surface area contributed by atoms with Gasteiger partial charge in [-0.25, -0.2) is 4.39 Å². The Morgan fingerprint density at radius 3 is 2.74 bits per heavy atom. The Morgan fingerprint density at radius 1 is 1.21 bits per heavy atom. The first-order valence-corrected chi connectivity index (χ1v) is 6.99. The third-order valence-corrected chi connectivity index (χ3v) is 3.63. The molecule has 0 aliphatic carbocycles. The van der Waals surface area contributed by atoms with Gasteiger partial charge in [-0.1, -0.05) is 18.6 Å². The van der Waals surface area contributed by atoms with Crippen LogP contribution < -0.4 is 0 Å². The summed E-state index contributed by atoms with van der Waals surface area (Å²) in [4.78, 5) is 2.40. The van der Waals surface area contributed by atoms with Crippen LogP contribution in [-0.2, 0) is 4.74 Å². The summed E-state index contributed by atoms with van der Waals surface area (Å²) in [5, 5.41) is 8.69. The number of aliphatic hydroxyl groups is 1. The molecule has 3 nitrogen and oxygen atoms in total. The maximum absolute atomic E-state index is 13.0. The van der Waals surface area contributed by atoms with Gasteiger partial charge in [0.15, 0.2) is 0 Å². The molecular weight excluding hydrogens is 245 g/mol. The lowest BCUT2D eigenvalue weighted by Gasteiger charge is -2.36. The molecule has 0 amide bonds. The molecule has 1 saturated heterocycles. The van der Waals surface area contributed by atoms with E-state index in [2.05, 4.69) is 4.90 Å². The van der Waals surface area contributed by atoms with Crippen molar-refractivity contribution in [2.75, 3.05) is 32.9 Å². The molecule has 0 radical (unpaired) electrons. The number of nitrogens with zero attached hydrogens (tertiary/aromatic N) is 1. The van der Waals surface area contributed by atoms with Gasteiger partial charge in [0.25, 0.3) is 0 Å². The van der Waals surface area contributed by atoms with Crippen LogP contribution in [-0.4, -0.2) is 42.9 Å². The summed E-state index contributed by atoms with van der Waals surface area (Å²) in [6.07, 6.45) is 3.54. The average Bonchev–Trinajstić information content (AvgIpc) is 2.45. The Labute approximate surface area is 114 Å². The van der Waals surface area contributed by atoms with Gasteiger partial charge in [-0.2, -0.15) is 0 Å². The van der Waals surface area contributed by atoms with Crippen LogP contribution in [0.4, 0.5) is 4.39 Å². The Morgan fingerprint density at radius 2 is 2.00 bits per heavy atom. The van der Waals surface area contributed by atoms with Crippen molar-refractivity contribution in [3.05, 3.63) is 35.6 Å². The Hall–Kier alpha value is -0.970. The molecule has 0 unspecified atom stereocenters. The fourth-order valence-electron chi connectivity index (χ4n) is 2.67. The number of piperidine rings is 1. The molecule has 0 aromatic heterocycles. The van der Waals surface area contributed by atoms with Gasteiger partial charge < -0.3 is 9.84 Å². The van der Waals surface area contributed by atoms with Crippen molar-refractivity contribution >= 4 is 0 Å². The van der Waals surface area contributed by atoms with Gasteiger partial charge in [-0.3, -0.25) is 4.90 Å². The molecule has 1 aliphatic rings. The van der Waals surface area contributed by atoms with Crippen molar-refractivity contribution < 1.29 is 14.2 Å². The monoisotopic (exact) mass is 267 g/mol. The zero-order valence-corrected chi connectivity index (χ0v) is 11.2. The lowest BCUT2D eigenvalue weighted by Crippen LogP contribution is -2.36. The number of ether oxygens (including phenoxy) is 1. The van der Waals surface area contributed by atoms with E-state index in [-0.39, 0.29) is 12.4 Å². The highest BCUT2D eigenvalue weighted by Crippen LogP contribution is 2.30. The average molecular weight is 267 g/mol. The second-order valence-corrected chi connectivity index (χ2v) is 4.94. The summed E-state index contributed by atoms with van der Waals surface area (Å²) in [5.41, 5.74) is 1.18. The number of aliphatic hydroxyl groups excluding tert-OH is 1. The first-order valence-electron chi connectivity index (χ1n) is 6.99. The minimum atomic E-state index is -0.183. The van der Waals surface area contributed by atoms with E-state index in [1.54, 1.807) is 0 Å². The fourth-order valence-corrected chi connectivity index (χ4v) is 2.67. The SMILES string of the molecule is OCCOCCN1CCCC[C@H]1c1ccc(F)cc1. The number of hydrogen-bond acceptors (Lipinski definition) is 3. The van der Waals surface area contributed by atoms with E-state index < -0.39 is 0 Å². The van der Waals surface area contributed by atoms with Crippen LogP contribution in [0.1, 0.15) is 30.9 Å². The third-order valence-electron chi connectivity index (χ3n) is 3.63. The summed E-state index contributed by atoms with van der Waals surface area (Å²) in [6, 6.07) is 7.20. The molecule has 1 N–H and O–H groups in total. The van der Waals surface area contributed by atoms with Gasteiger partial charge in [0.1, 0.15) is 5.82 Å². The first-order chi connectivity index (χ1) is 9.31. The molecule has 1 aromatic rings. The predicted octanol–water partition coefficient (Wildman–Crippen LogP) is 2.36. The normalized spacial score (nSPS) is 20.6. The predicted molar refractivity (Wildman–Crippen MR) is 72.5 cm³/mol. The molecule has 1 atom stereocenters. The van der Waals surface area contributed by atoms with Crippen LogP contribution >= 0.6 is 0 Å². The number of benzene rings is 1. The Bertz CT molecular complexity index is 369. The van der Waals surface area contributed by atoms with Crippen LogP contribution in [0, 0.1) is 5.82 Å². The molecule has 1 heterocycles. The molecule has 1 aliphatic heterocycles. The van der Waals surface area contributed by atoms with Crippen LogP contribution in [0.5, 0.6) is 0 Å². The molecule has 19 heavy (non-hydrogen) atoms. The number of rotatable bonds is 6. The standard InChI is InChI=1S/C15H22FNO2/c16-14-6-4-13(5-7-14)15-3-1-2-8-17(15)9-11-19-12-10-18/h4-7,15,18H,1-3,8-12H2/t15-/m0/s1. The lowest BCUT2D eigenvalue weighted by molar-refractivity contribution is 0.0532. The first kappa shape index (κ1) is 14.4. The lowest BCUT2D eigenvalue weighted by atomic mass is 9.95. The van der Waals surface area contributed by atoms with Gasteiger partial charge in [0.05, 0.1) is 19.8 Å². The van der Waals surface area contributed by atoms with Crippen molar-refractivity contribution in [1.29, 1.82) is 0 Å². The number of hydrogen-bond donors (Lipinski definition) is 1. The summed E-state index contributed by atoms with van der Waals surface area (Å²) in [7, 11) is 0. The van der Waals surface area contributed by atoms with Crippen molar-refractivity contribution in [3.63, 3.8) is 0 Å². The molecule has 1 fully saturated rings. The summed E-state index contributed by atoms with van der Waals surface area (Å²) in [5.74, 6) is -0.183. The van der Waals surface area contributed by atoms with Crippen molar-refractivity contribution in [1.82, 2.24) is 4.90 Å². The Balaban J connectivity index is 1.93. The highest BCUT2D eigenvalue weighted by molar-refractivity contribution is 5.20. The zero-order valence-electron chi connectivity index (χ0n) is 11.2. The minimum Gasteiger partial charge on any atom is -0.394 e. The van der Waals surface area contributed by atoms with Crippen molar-refractivity contribution in [2.24, 2.45) is 0 Å². The Kier molecular flexibility index (Phi) is 5.76. The van der Waals surface area contributed by atoms with Crippen LogP contribution in [0.3, 0.4) is 0 Å². The highest BCUT2D eigenvalue weighted by Gasteiger charge is 2.23. The van der Waals surface area contributed by atoms with Gasteiger partial charge >= 0.3 is 0 Å². The van der Waals surface area contributed by atoms with E-state index in [0.29, 0.717) is 19.3 Å². The smallest absolute Gasteiger partial charge is 0.123 e. The fraction of sp³-hybridized carbons (Fsp3) is 0.600. The molecule has 106 valence electrons. The summed E-state index contributed by atoms with van der Waals surface area (Å²) < 4.78 is 18.3. The largest absolute Gasteiger partial charge is 0.394 e. The van der Waals surface area contributed by atoms with E-state index in [9.17, 15) is 4.39 Å². The maximum Gasteiger partial charge on any atom is 0.123 e. The molecule has 0 spiro atoms. The van der Waals surface area contributed by atoms with E-state index >= 15 is 0 Å². The zero-order chi connectivity index (χ0) is 13.5. The van der Waals surface area contributed by atoms with Crippen LogP contribution in [0.15, 0.2) is 24.3 Å². The maximum atomic E-state index is 13.0. The molecular formula is C15H22FNO2. The second kappa shape index (κ2) is 7.58. The minimum absolute atomic E-state index is 0.0708. The highest BCUT2D eigenvalue weighted by atomic mass is 19.1. The summed E-state index contributed by atoms with van der Waals surface area (Å²) in [6.45, 7) is 3.03. The number of halogens is 1. The molecule has 4 heteroatoms. The van der Waals surface area contributed by atoms with Gasteiger partial charge in [0, 0.05) is 12.6 Å². The van der Waals surface area contributed by atoms with Crippen LogP contribution in [0.25, 0.3) is 0 Å². The number of likely N-dealkylation sites (tertiary alicyclic amines) is 1. The van der Waals surface area contributed by atoms with Crippen molar-refractivity contribution in [3.8, 4) is 0 Å².